The topological polar surface area (TPSA) is 129 Å². The zero-order chi connectivity index (χ0) is 26.6. The number of aliphatic imine (C=N–C) groups is 1. The number of carbonyl (C=O) groups is 3. The van der Waals surface area contributed by atoms with E-state index < -0.39 is 40.5 Å². The molecule has 0 bridgehead atoms. The lowest BCUT2D eigenvalue weighted by Crippen LogP contribution is -2.58. The van der Waals surface area contributed by atoms with E-state index in [0.717, 1.165) is 32.0 Å². The maximum absolute atomic E-state index is 14.1. The van der Waals surface area contributed by atoms with E-state index in [1.54, 1.807) is 0 Å². The highest BCUT2D eigenvalue weighted by Gasteiger charge is 2.49. The fraction of sp³-hybridized carbons (Fsp3) is 0.360. The second kappa shape index (κ2) is 11.3. The molecule has 1 unspecified atom stereocenters. The second-order valence-corrected chi connectivity index (χ2v) is 9.30. The summed E-state index contributed by atoms with van der Waals surface area (Å²) in [7, 11) is 0. The Labute approximate surface area is 217 Å². The molecule has 2 heterocycles. The van der Waals surface area contributed by atoms with Gasteiger partial charge in [0.1, 0.15) is 17.3 Å². The first-order chi connectivity index (χ1) is 17.7. The minimum atomic E-state index is -1.66. The minimum Gasteiger partial charge on any atom is -0.367 e. The number of primary amides is 1. The minimum absolute atomic E-state index is 0.0125. The third kappa shape index (κ3) is 5.63. The average Bonchev–Trinajstić information content (AvgIpc) is 3.31. The van der Waals surface area contributed by atoms with Gasteiger partial charge in [-0.1, -0.05) is 30.2 Å². The molecule has 1 atom stereocenters. The number of rotatable bonds is 8. The van der Waals surface area contributed by atoms with Crippen molar-refractivity contribution in [1.82, 2.24) is 15.5 Å². The molecule has 0 saturated carbocycles. The summed E-state index contributed by atoms with van der Waals surface area (Å²) in [5.41, 5.74) is 4.12. The largest absolute Gasteiger partial charge is 0.367 e. The quantitative estimate of drug-likeness (QED) is 0.414. The van der Waals surface area contributed by atoms with Crippen LogP contribution in [0.15, 0.2) is 41.4 Å². The Morgan fingerprint density at radius 2 is 1.78 bits per heavy atom. The number of likely N-dealkylation sites (tertiary alicyclic amines) is 1. The Balaban J connectivity index is 1.47. The molecular formula is C25H27ClF2N6O3. The van der Waals surface area contributed by atoms with Gasteiger partial charge < -0.3 is 21.3 Å². The highest BCUT2D eigenvalue weighted by atomic mass is 35.5. The molecule has 1 fully saturated rings. The summed E-state index contributed by atoms with van der Waals surface area (Å²) < 4.78 is 27.4. The van der Waals surface area contributed by atoms with Crippen LogP contribution < -0.4 is 21.7 Å². The predicted octanol–water partition coefficient (Wildman–Crippen LogP) is 2.15. The summed E-state index contributed by atoms with van der Waals surface area (Å²) >= 11 is 5.83. The molecule has 2 aromatic rings. The standard InChI is InChI=1S/C25H27ClF2N6O3/c26-18-12-16(27)13-19(28)20(18)22(35)33-17-6-4-15(5-7-17)25(24(29)37)21(31-14-32-25)23(36)30-8-11-34-9-2-1-3-10-34/h4-7,12-13,32H,1-3,8-11,14H2,(H2,29,37)(H,30,36)(H,33,35). The number of nitrogens with one attached hydrogen (secondary N) is 3. The zero-order valence-corrected chi connectivity index (χ0v) is 20.7. The van der Waals surface area contributed by atoms with E-state index >= 15 is 0 Å². The highest BCUT2D eigenvalue weighted by molar-refractivity contribution is 6.47. The summed E-state index contributed by atoms with van der Waals surface area (Å²) in [4.78, 5) is 44.6. The molecule has 0 spiro atoms. The van der Waals surface area contributed by atoms with E-state index in [4.69, 9.17) is 17.3 Å². The van der Waals surface area contributed by atoms with E-state index in [1.165, 1.54) is 30.7 Å². The van der Waals surface area contributed by atoms with E-state index in [2.05, 4.69) is 25.8 Å². The van der Waals surface area contributed by atoms with Crippen molar-refractivity contribution in [2.75, 3.05) is 38.2 Å². The fourth-order valence-electron chi connectivity index (χ4n) is 4.62. The Morgan fingerprint density at radius 3 is 2.43 bits per heavy atom. The normalized spacial score (nSPS) is 19.8. The molecule has 12 heteroatoms. The third-order valence-electron chi connectivity index (χ3n) is 6.49. The first kappa shape index (κ1) is 26.6. The maximum Gasteiger partial charge on any atom is 0.268 e. The predicted molar refractivity (Wildman–Crippen MR) is 135 cm³/mol. The molecule has 3 amide bonds. The van der Waals surface area contributed by atoms with Gasteiger partial charge in [0.2, 0.25) is 5.91 Å². The van der Waals surface area contributed by atoms with Crippen LogP contribution in [0.3, 0.4) is 0 Å². The van der Waals surface area contributed by atoms with E-state index in [-0.39, 0.29) is 23.1 Å². The summed E-state index contributed by atoms with van der Waals surface area (Å²) in [5, 5.41) is 7.86. The number of halogens is 3. The number of anilines is 1. The van der Waals surface area contributed by atoms with Crippen LogP contribution in [0.4, 0.5) is 14.5 Å². The van der Waals surface area contributed by atoms with Gasteiger partial charge in [-0.05, 0) is 49.7 Å². The van der Waals surface area contributed by atoms with Crippen LogP contribution in [0.25, 0.3) is 0 Å². The number of benzene rings is 2. The Bertz CT molecular complexity index is 1210. The van der Waals surface area contributed by atoms with Gasteiger partial charge in [-0.25, -0.2) is 8.78 Å². The van der Waals surface area contributed by atoms with Crippen molar-refractivity contribution in [3.8, 4) is 0 Å². The molecule has 2 aliphatic heterocycles. The van der Waals surface area contributed by atoms with Crippen LogP contribution >= 0.6 is 11.6 Å². The van der Waals surface area contributed by atoms with Gasteiger partial charge in [-0.3, -0.25) is 24.7 Å². The molecular weight excluding hydrogens is 506 g/mol. The Hall–Kier alpha value is -3.41. The molecule has 1 saturated heterocycles. The molecule has 4 rings (SSSR count). The number of hydrogen-bond donors (Lipinski definition) is 4. The molecule has 5 N–H and O–H groups in total. The van der Waals surface area contributed by atoms with E-state index in [9.17, 15) is 23.2 Å². The van der Waals surface area contributed by atoms with Gasteiger partial charge in [0.25, 0.3) is 11.8 Å². The number of hydrogen-bond acceptors (Lipinski definition) is 6. The van der Waals surface area contributed by atoms with Crippen LogP contribution in [-0.4, -0.2) is 61.2 Å². The SMILES string of the molecule is NC(=O)C1(c2ccc(NC(=O)c3c(F)cc(F)cc3Cl)cc2)NCN=C1C(=O)NCCN1CCCCC1. The summed E-state index contributed by atoms with van der Waals surface area (Å²) in [6, 6.07) is 7.31. The van der Waals surface area contributed by atoms with Gasteiger partial charge in [-0.2, -0.15) is 0 Å². The number of amides is 3. The molecule has 9 nitrogen and oxygen atoms in total. The van der Waals surface area contributed by atoms with Crippen LogP contribution in [-0.2, 0) is 15.1 Å². The van der Waals surface area contributed by atoms with Gasteiger partial charge in [0.15, 0.2) is 5.54 Å². The lowest BCUT2D eigenvalue weighted by molar-refractivity contribution is -0.123. The van der Waals surface area contributed by atoms with E-state index in [0.29, 0.717) is 24.7 Å². The van der Waals surface area contributed by atoms with Gasteiger partial charge in [0.05, 0.1) is 17.3 Å². The lowest BCUT2D eigenvalue weighted by atomic mass is 9.84. The molecule has 2 aliphatic rings. The van der Waals surface area contributed by atoms with Gasteiger partial charge in [-0.15, -0.1) is 0 Å². The van der Waals surface area contributed by atoms with Gasteiger partial charge >= 0.3 is 0 Å². The van der Waals surface area contributed by atoms with Crippen LogP contribution in [0.2, 0.25) is 5.02 Å². The first-order valence-corrected chi connectivity index (χ1v) is 12.3. The summed E-state index contributed by atoms with van der Waals surface area (Å²) in [6.45, 7) is 3.10. The van der Waals surface area contributed by atoms with Crippen molar-refractivity contribution in [2.45, 2.75) is 24.8 Å². The lowest BCUT2D eigenvalue weighted by Gasteiger charge is -2.29. The Morgan fingerprint density at radius 1 is 1.08 bits per heavy atom. The number of nitrogens with zero attached hydrogens (tertiary/aromatic N) is 2. The summed E-state index contributed by atoms with van der Waals surface area (Å²) in [5.74, 6) is -4.20. The van der Waals surface area contributed by atoms with Crippen molar-refractivity contribution in [3.63, 3.8) is 0 Å². The molecule has 196 valence electrons. The van der Waals surface area contributed by atoms with Crippen LogP contribution in [0, 0.1) is 11.6 Å². The first-order valence-electron chi connectivity index (χ1n) is 11.9. The van der Waals surface area contributed by atoms with Crippen molar-refractivity contribution in [2.24, 2.45) is 10.7 Å². The van der Waals surface area contributed by atoms with Crippen molar-refractivity contribution in [3.05, 3.63) is 64.2 Å². The fourth-order valence-corrected chi connectivity index (χ4v) is 4.90. The summed E-state index contributed by atoms with van der Waals surface area (Å²) in [6.07, 6.45) is 3.49. The molecule has 0 aliphatic carbocycles. The van der Waals surface area contributed by atoms with Crippen molar-refractivity contribution >= 4 is 40.7 Å². The smallest absolute Gasteiger partial charge is 0.268 e. The average molecular weight is 533 g/mol. The zero-order valence-electron chi connectivity index (χ0n) is 20.0. The molecule has 2 aromatic carbocycles. The van der Waals surface area contributed by atoms with Crippen molar-refractivity contribution < 1.29 is 23.2 Å². The molecule has 37 heavy (non-hydrogen) atoms. The maximum atomic E-state index is 14.1. The molecule has 0 aromatic heterocycles. The van der Waals surface area contributed by atoms with Crippen LogP contribution in [0.1, 0.15) is 35.2 Å². The number of piperidine rings is 1. The molecule has 0 radical (unpaired) electrons. The highest BCUT2D eigenvalue weighted by Crippen LogP contribution is 2.29. The van der Waals surface area contributed by atoms with Gasteiger partial charge in [0, 0.05) is 24.8 Å². The number of nitrogens with two attached hydrogens (primary N) is 1. The third-order valence-corrected chi connectivity index (χ3v) is 6.79. The number of carbonyl (C=O) groups excluding carboxylic acids is 3. The van der Waals surface area contributed by atoms with Crippen molar-refractivity contribution in [1.29, 1.82) is 0 Å². The van der Waals surface area contributed by atoms with E-state index in [1.807, 2.05) is 0 Å². The van der Waals surface area contributed by atoms with Crippen LogP contribution in [0.5, 0.6) is 0 Å². The second-order valence-electron chi connectivity index (χ2n) is 8.89. The monoisotopic (exact) mass is 532 g/mol. The Kier molecular flexibility index (Phi) is 8.16.